The summed E-state index contributed by atoms with van der Waals surface area (Å²) < 4.78 is 23.2. The predicted octanol–water partition coefficient (Wildman–Crippen LogP) is 2.70. The first kappa shape index (κ1) is 17.9. The third kappa shape index (κ3) is 4.00. The van der Waals surface area contributed by atoms with Crippen molar-refractivity contribution in [1.82, 2.24) is 0 Å². The van der Waals surface area contributed by atoms with Crippen molar-refractivity contribution in [3.63, 3.8) is 0 Å². The smallest absolute Gasteiger partial charge is 0.340 e. The van der Waals surface area contributed by atoms with Crippen LogP contribution in [0.5, 0.6) is 0 Å². The molecule has 1 heterocycles. The van der Waals surface area contributed by atoms with Crippen LogP contribution in [-0.4, -0.2) is 45.3 Å². The van der Waals surface area contributed by atoms with E-state index in [4.69, 9.17) is 9.47 Å². The van der Waals surface area contributed by atoms with Crippen molar-refractivity contribution >= 4 is 23.3 Å². The summed E-state index contributed by atoms with van der Waals surface area (Å²) in [6, 6.07) is 10.4. The maximum absolute atomic E-state index is 13.0. The molecular formula is C19H19FN2O4. The van der Waals surface area contributed by atoms with Crippen molar-refractivity contribution in [2.24, 2.45) is 0 Å². The van der Waals surface area contributed by atoms with Crippen molar-refractivity contribution < 1.29 is 23.5 Å². The van der Waals surface area contributed by atoms with E-state index < -0.39 is 17.7 Å². The molecule has 7 heteroatoms. The number of benzene rings is 2. The van der Waals surface area contributed by atoms with E-state index in [2.05, 4.69) is 10.2 Å². The molecule has 2 aromatic rings. The summed E-state index contributed by atoms with van der Waals surface area (Å²) in [5.41, 5.74) is 1.74. The van der Waals surface area contributed by atoms with E-state index in [0.717, 1.165) is 18.8 Å². The number of rotatable bonds is 4. The highest BCUT2D eigenvalue weighted by atomic mass is 19.1. The lowest BCUT2D eigenvalue weighted by atomic mass is 10.1. The summed E-state index contributed by atoms with van der Waals surface area (Å²) in [7, 11) is 1.29. The number of hydrogen-bond acceptors (Lipinski definition) is 5. The van der Waals surface area contributed by atoms with Crippen LogP contribution >= 0.6 is 0 Å². The number of esters is 1. The molecule has 136 valence electrons. The van der Waals surface area contributed by atoms with Gasteiger partial charge < -0.3 is 19.7 Å². The van der Waals surface area contributed by atoms with Crippen LogP contribution < -0.4 is 10.2 Å². The molecule has 26 heavy (non-hydrogen) atoms. The topological polar surface area (TPSA) is 67.9 Å². The quantitative estimate of drug-likeness (QED) is 0.851. The Morgan fingerprint density at radius 1 is 1.12 bits per heavy atom. The summed E-state index contributed by atoms with van der Waals surface area (Å²) >= 11 is 0. The number of methoxy groups -OCH3 is 1. The average Bonchev–Trinajstić information content (AvgIpc) is 2.68. The van der Waals surface area contributed by atoms with Gasteiger partial charge >= 0.3 is 5.97 Å². The van der Waals surface area contributed by atoms with Crippen LogP contribution in [0.15, 0.2) is 42.5 Å². The van der Waals surface area contributed by atoms with Crippen molar-refractivity contribution in [2.75, 3.05) is 43.6 Å². The Kier molecular flexibility index (Phi) is 5.48. The number of amides is 1. The van der Waals surface area contributed by atoms with Gasteiger partial charge in [-0.2, -0.15) is 0 Å². The molecule has 1 aliphatic rings. The van der Waals surface area contributed by atoms with Crippen LogP contribution in [0.25, 0.3) is 0 Å². The fourth-order valence-corrected chi connectivity index (χ4v) is 2.73. The molecule has 1 amide bonds. The standard InChI is InChI=1S/C19H19FN2O4/c1-25-19(24)16-12-15(22-8-10-26-11-9-22)6-7-17(16)21-18(23)13-2-4-14(20)5-3-13/h2-7,12H,8-11H2,1H3,(H,21,23). The maximum atomic E-state index is 13.0. The van der Waals surface area contributed by atoms with Crippen LogP contribution in [0.3, 0.4) is 0 Å². The molecule has 0 aromatic heterocycles. The lowest BCUT2D eigenvalue weighted by Gasteiger charge is -2.29. The van der Waals surface area contributed by atoms with Crippen LogP contribution in [0.1, 0.15) is 20.7 Å². The summed E-state index contributed by atoms with van der Waals surface area (Å²) in [5.74, 6) is -1.41. The monoisotopic (exact) mass is 358 g/mol. The Balaban J connectivity index is 1.86. The Morgan fingerprint density at radius 2 is 1.81 bits per heavy atom. The summed E-state index contributed by atoms with van der Waals surface area (Å²) in [6.07, 6.45) is 0. The van der Waals surface area contributed by atoms with Gasteiger partial charge in [-0.1, -0.05) is 0 Å². The van der Waals surface area contributed by atoms with E-state index >= 15 is 0 Å². The number of ether oxygens (including phenoxy) is 2. The zero-order valence-corrected chi connectivity index (χ0v) is 14.3. The number of hydrogen-bond donors (Lipinski definition) is 1. The molecule has 0 spiro atoms. The second-order valence-electron chi connectivity index (χ2n) is 5.78. The van der Waals surface area contributed by atoms with Crippen molar-refractivity contribution in [1.29, 1.82) is 0 Å². The van der Waals surface area contributed by atoms with Crippen molar-refractivity contribution in [3.8, 4) is 0 Å². The highest BCUT2D eigenvalue weighted by molar-refractivity contribution is 6.08. The minimum absolute atomic E-state index is 0.256. The highest BCUT2D eigenvalue weighted by Crippen LogP contribution is 2.25. The molecule has 1 N–H and O–H groups in total. The number of morpholine rings is 1. The number of halogens is 1. The Hall–Kier alpha value is -2.93. The van der Waals surface area contributed by atoms with E-state index in [1.165, 1.54) is 31.4 Å². The summed E-state index contributed by atoms with van der Waals surface area (Å²) in [4.78, 5) is 26.6. The number of nitrogens with one attached hydrogen (secondary N) is 1. The third-order valence-electron chi connectivity index (χ3n) is 4.14. The van der Waals surface area contributed by atoms with Gasteiger partial charge in [-0.05, 0) is 42.5 Å². The molecule has 0 saturated carbocycles. The lowest BCUT2D eigenvalue weighted by molar-refractivity contribution is 0.0602. The molecule has 6 nitrogen and oxygen atoms in total. The minimum Gasteiger partial charge on any atom is -0.465 e. The molecule has 1 saturated heterocycles. The van der Waals surface area contributed by atoms with E-state index in [1.54, 1.807) is 12.1 Å². The van der Waals surface area contributed by atoms with Gasteiger partial charge in [0, 0.05) is 24.3 Å². The third-order valence-corrected chi connectivity index (χ3v) is 4.14. The fraction of sp³-hybridized carbons (Fsp3) is 0.263. The summed E-state index contributed by atoms with van der Waals surface area (Å²) in [6.45, 7) is 2.69. The molecule has 0 bridgehead atoms. The molecule has 3 rings (SSSR count). The second-order valence-corrected chi connectivity index (χ2v) is 5.78. The molecular weight excluding hydrogens is 339 g/mol. The largest absolute Gasteiger partial charge is 0.465 e. The lowest BCUT2D eigenvalue weighted by Crippen LogP contribution is -2.36. The predicted molar refractivity (Wildman–Crippen MR) is 95.2 cm³/mol. The first-order valence-electron chi connectivity index (χ1n) is 8.20. The van der Waals surface area contributed by atoms with Gasteiger partial charge in [0.15, 0.2) is 0 Å². The van der Waals surface area contributed by atoms with Gasteiger partial charge in [0.05, 0.1) is 31.6 Å². The Labute approximate surface area is 150 Å². The van der Waals surface area contributed by atoms with Crippen LogP contribution in [-0.2, 0) is 9.47 Å². The average molecular weight is 358 g/mol. The molecule has 2 aromatic carbocycles. The number of nitrogens with zero attached hydrogens (tertiary/aromatic N) is 1. The second kappa shape index (κ2) is 7.97. The molecule has 0 atom stereocenters. The number of carbonyl (C=O) groups is 2. The minimum atomic E-state index is -0.547. The van der Waals surface area contributed by atoms with Gasteiger partial charge in [0.2, 0.25) is 0 Å². The van der Waals surface area contributed by atoms with Crippen molar-refractivity contribution in [3.05, 3.63) is 59.4 Å². The van der Waals surface area contributed by atoms with Gasteiger partial charge in [0.25, 0.3) is 5.91 Å². The van der Waals surface area contributed by atoms with Gasteiger partial charge in [-0.15, -0.1) is 0 Å². The molecule has 0 aliphatic carbocycles. The zero-order valence-electron chi connectivity index (χ0n) is 14.3. The summed E-state index contributed by atoms with van der Waals surface area (Å²) in [5, 5.41) is 2.69. The van der Waals surface area contributed by atoms with Gasteiger partial charge in [0.1, 0.15) is 5.82 Å². The SMILES string of the molecule is COC(=O)c1cc(N2CCOCC2)ccc1NC(=O)c1ccc(F)cc1. The molecule has 1 aliphatic heterocycles. The van der Waals surface area contributed by atoms with Crippen molar-refractivity contribution in [2.45, 2.75) is 0 Å². The van der Waals surface area contributed by atoms with Crippen LogP contribution in [0.2, 0.25) is 0 Å². The highest BCUT2D eigenvalue weighted by Gasteiger charge is 2.19. The maximum Gasteiger partial charge on any atom is 0.340 e. The Bertz CT molecular complexity index is 802. The fourth-order valence-electron chi connectivity index (χ4n) is 2.73. The van der Waals surface area contributed by atoms with Gasteiger partial charge in [-0.25, -0.2) is 9.18 Å². The Morgan fingerprint density at radius 3 is 2.46 bits per heavy atom. The van der Waals surface area contributed by atoms with E-state index in [1.807, 2.05) is 6.07 Å². The first-order chi connectivity index (χ1) is 12.6. The normalized spacial score (nSPS) is 14.0. The van der Waals surface area contributed by atoms with E-state index in [9.17, 15) is 14.0 Å². The number of carbonyl (C=O) groups excluding carboxylic acids is 2. The van der Waals surface area contributed by atoms with E-state index in [0.29, 0.717) is 24.5 Å². The molecule has 0 unspecified atom stereocenters. The zero-order chi connectivity index (χ0) is 18.5. The van der Waals surface area contributed by atoms with Gasteiger partial charge in [-0.3, -0.25) is 4.79 Å². The first-order valence-corrected chi connectivity index (χ1v) is 8.20. The van der Waals surface area contributed by atoms with Crippen LogP contribution in [0.4, 0.5) is 15.8 Å². The van der Waals surface area contributed by atoms with Crippen LogP contribution in [0, 0.1) is 5.82 Å². The van der Waals surface area contributed by atoms with E-state index in [-0.39, 0.29) is 5.56 Å². The molecule has 1 fully saturated rings. The number of anilines is 2. The molecule has 0 radical (unpaired) electrons.